The number of aryl methyl sites for hydroxylation is 1. The second-order valence-electron chi connectivity index (χ2n) is 5.46. The minimum atomic E-state index is -1.67. The lowest BCUT2D eigenvalue weighted by molar-refractivity contribution is -0.123. The first-order valence-corrected chi connectivity index (χ1v) is 8.75. The van der Waals surface area contributed by atoms with E-state index in [1.807, 2.05) is 31.2 Å². The van der Waals surface area contributed by atoms with Crippen LogP contribution >= 0.6 is 11.8 Å². The molecule has 0 saturated carbocycles. The van der Waals surface area contributed by atoms with Crippen LogP contribution in [0.1, 0.15) is 12.0 Å². The molecule has 0 heterocycles. The van der Waals surface area contributed by atoms with Gasteiger partial charge in [0.15, 0.2) is 17.5 Å². The molecule has 138 valence electrons. The van der Waals surface area contributed by atoms with E-state index in [-0.39, 0.29) is 12.3 Å². The van der Waals surface area contributed by atoms with Crippen LogP contribution in [0.2, 0.25) is 0 Å². The van der Waals surface area contributed by atoms with Crippen LogP contribution in [0, 0.1) is 24.4 Å². The van der Waals surface area contributed by atoms with E-state index in [2.05, 4.69) is 10.6 Å². The standard InChI is InChI=1S/C18H17F3N2O2S/c1-11-2-4-12(5-3-11)26-9-8-15(24)22-10-16(25)23-14-7-6-13(19)17(20)18(14)21/h2-7H,8-10H2,1H3,(H,22,24)(H,23,25). The van der Waals surface area contributed by atoms with Gasteiger partial charge in [-0.25, -0.2) is 13.2 Å². The van der Waals surface area contributed by atoms with Gasteiger partial charge in [0.25, 0.3) is 0 Å². The lowest BCUT2D eigenvalue weighted by Gasteiger charge is -2.08. The molecule has 0 atom stereocenters. The van der Waals surface area contributed by atoms with Gasteiger partial charge in [-0.2, -0.15) is 0 Å². The number of nitrogens with one attached hydrogen (secondary N) is 2. The van der Waals surface area contributed by atoms with Gasteiger partial charge in [-0.15, -0.1) is 11.8 Å². The predicted molar refractivity (Wildman–Crippen MR) is 94.5 cm³/mol. The number of thioether (sulfide) groups is 1. The number of rotatable bonds is 7. The third kappa shape index (κ3) is 5.80. The Morgan fingerprint density at radius 2 is 1.65 bits per heavy atom. The summed E-state index contributed by atoms with van der Waals surface area (Å²) in [7, 11) is 0. The van der Waals surface area contributed by atoms with Crippen LogP contribution in [0.3, 0.4) is 0 Å². The van der Waals surface area contributed by atoms with Crippen LogP contribution in [0.5, 0.6) is 0 Å². The van der Waals surface area contributed by atoms with E-state index < -0.39 is 35.6 Å². The van der Waals surface area contributed by atoms with Gasteiger partial charge < -0.3 is 10.6 Å². The first-order valence-electron chi connectivity index (χ1n) is 7.76. The number of benzene rings is 2. The van der Waals surface area contributed by atoms with E-state index in [4.69, 9.17) is 0 Å². The Hall–Kier alpha value is -2.48. The molecular weight excluding hydrogens is 365 g/mol. The molecule has 2 aromatic carbocycles. The van der Waals surface area contributed by atoms with Crippen LogP contribution in [-0.2, 0) is 9.59 Å². The largest absolute Gasteiger partial charge is 0.347 e. The quantitative estimate of drug-likeness (QED) is 0.568. The normalized spacial score (nSPS) is 10.5. The predicted octanol–water partition coefficient (Wildman–Crippen LogP) is 3.65. The molecule has 2 N–H and O–H groups in total. The Morgan fingerprint density at radius 3 is 2.35 bits per heavy atom. The average molecular weight is 382 g/mol. The van der Waals surface area contributed by atoms with Crippen molar-refractivity contribution in [3.8, 4) is 0 Å². The van der Waals surface area contributed by atoms with E-state index in [1.165, 1.54) is 11.8 Å². The zero-order chi connectivity index (χ0) is 19.1. The SMILES string of the molecule is Cc1ccc(SCCC(=O)NCC(=O)Nc2ccc(F)c(F)c2F)cc1. The lowest BCUT2D eigenvalue weighted by atomic mass is 10.2. The number of carbonyl (C=O) groups excluding carboxylic acids is 2. The van der Waals surface area contributed by atoms with E-state index >= 15 is 0 Å². The molecule has 2 amide bonds. The summed E-state index contributed by atoms with van der Waals surface area (Å²) < 4.78 is 39.4. The molecule has 0 saturated heterocycles. The van der Waals surface area contributed by atoms with Gasteiger partial charge in [0.2, 0.25) is 11.8 Å². The van der Waals surface area contributed by atoms with Gasteiger partial charge in [0.1, 0.15) is 0 Å². The second-order valence-corrected chi connectivity index (χ2v) is 6.63. The minimum Gasteiger partial charge on any atom is -0.347 e. The molecule has 8 heteroatoms. The highest BCUT2D eigenvalue weighted by Crippen LogP contribution is 2.20. The van der Waals surface area contributed by atoms with Crippen molar-refractivity contribution >= 4 is 29.3 Å². The maximum absolute atomic E-state index is 13.5. The molecule has 0 unspecified atom stereocenters. The third-order valence-corrected chi connectivity index (χ3v) is 4.39. The monoisotopic (exact) mass is 382 g/mol. The Kier molecular flexibility index (Phi) is 7.08. The van der Waals surface area contributed by atoms with Crippen molar-refractivity contribution in [2.24, 2.45) is 0 Å². The van der Waals surface area contributed by atoms with Gasteiger partial charge >= 0.3 is 0 Å². The molecule has 0 aliphatic carbocycles. The Bertz CT molecular complexity index is 798. The number of carbonyl (C=O) groups is 2. The summed E-state index contributed by atoms with van der Waals surface area (Å²) in [4.78, 5) is 24.4. The minimum absolute atomic E-state index is 0.200. The van der Waals surface area contributed by atoms with Crippen LogP contribution < -0.4 is 10.6 Å². The van der Waals surface area contributed by atoms with E-state index in [0.717, 1.165) is 16.5 Å². The summed E-state index contributed by atoms with van der Waals surface area (Å²) in [6.45, 7) is 1.59. The maximum Gasteiger partial charge on any atom is 0.243 e. The number of hydrogen-bond acceptors (Lipinski definition) is 3. The van der Waals surface area contributed by atoms with Gasteiger partial charge in [0, 0.05) is 17.1 Å². The van der Waals surface area contributed by atoms with Crippen molar-refractivity contribution in [3.63, 3.8) is 0 Å². The summed E-state index contributed by atoms with van der Waals surface area (Å²) >= 11 is 1.51. The molecule has 2 rings (SSSR count). The summed E-state index contributed by atoms with van der Waals surface area (Å²) in [5.74, 6) is -5.05. The molecule has 0 spiro atoms. The zero-order valence-electron chi connectivity index (χ0n) is 13.9. The van der Waals surface area contributed by atoms with Crippen molar-refractivity contribution in [2.45, 2.75) is 18.2 Å². The van der Waals surface area contributed by atoms with Crippen molar-refractivity contribution < 1.29 is 22.8 Å². The number of amides is 2. The van der Waals surface area contributed by atoms with E-state index in [1.54, 1.807) is 0 Å². The highest BCUT2D eigenvalue weighted by molar-refractivity contribution is 7.99. The van der Waals surface area contributed by atoms with Gasteiger partial charge in [-0.3, -0.25) is 9.59 Å². The second kappa shape index (κ2) is 9.28. The van der Waals surface area contributed by atoms with Gasteiger partial charge in [-0.05, 0) is 31.2 Å². The molecule has 0 bridgehead atoms. The zero-order valence-corrected chi connectivity index (χ0v) is 14.8. The Morgan fingerprint density at radius 1 is 0.962 bits per heavy atom. The van der Waals surface area contributed by atoms with Gasteiger partial charge in [-0.1, -0.05) is 17.7 Å². The van der Waals surface area contributed by atoms with Crippen LogP contribution in [0.15, 0.2) is 41.3 Å². The lowest BCUT2D eigenvalue weighted by Crippen LogP contribution is -2.33. The first kappa shape index (κ1) is 19.8. The highest BCUT2D eigenvalue weighted by Gasteiger charge is 2.15. The fraction of sp³-hybridized carbons (Fsp3) is 0.222. The molecule has 4 nitrogen and oxygen atoms in total. The van der Waals surface area contributed by atoms with Gasteiger partial charge in [0.05, 0.1) is 12.2 Å². The number of anilines is 1. The highest BCUT2D eigenvalue weighted by atomic mass is 32.2. The third-order valence-electron chi connectivity index (χ3n) is 3.37. The Balaban J connectivity index is 1.72. The molecule has 0 aliphatic heterocycles. The summed E-state index contributed by atoms with van der Waals surface area (Å²) in [5, 5.41) is 4.47. The topological polar surface area (TPSA) is 58.2 Å². The van der Waals surface area contributed by atoms with Crippen molar-refractivity contribution in [3.05, 3.63) is 59.4 Å². The van der Waals surface area contributed by atoms with Crippen LogP contribution in [0.4, 0.5) is 18.9 Å². The summed E-state index contributed by atoms with van der Waals surface area (Å²) in [6, 6.07) is 9.48. The summed E-state index contributed by atoms with van der Waals surface area (Å²) in [5.41, 5.74) is 0.661. The fourth-order valence-electron chi connectivity index (χ4n) is 1.98. The van der Waals surface area contributed by atoms with Crippen LogP contribution in [0.25, 0.3) is 0 Å². The smallest absolute Gasteiger partial charge is 0.243 e. The molecule has 2 aromatic rings. The molecule has 26 heavy (non-hydrogen) atoms. The maximum atomic E-state index is 13.5. The van der Waals surface area contributed by atoms with Crippen LogP contribution in [-0.4, -0.2) is 24.1 Å². The molecule has 0 radical (unpaired) electrons. The Labute approximate surface area is 153 Å². The first-order chi connectivity index (χ1) is 12.4. The van der Waals surface area contributed by atoms with E-state index in [0.29, 0.717) is 11.8 Å². The van der Waals surface area contributed by atoms with E-state index in [9.17, 15) is 22.8 Å². The van der Waals surface area contributed by atoms with Crippen molar-refractivity contribution in [1.82, 2.24) is 5.32 Å². The van der Waals surface area contributed by atoms with Crippen molar-refractivity contribution in [2.75, 3.05) is 17.6 Å². The average Bonchev–Trinajstić information content (AvgIpc) is 2.62. The number of hydrogen-bond donors (Lipinski definition) is 2. The summed E-state index contributed by atoms with van der Waals surface area (Å²) in [6.07, 6.45) is 0.200. The molecule has 0 fully saturated rings. The van der Waals surface area contributed by atoms with Crippen molar-refractivity contribution in [1.29, 1.82) is 0 Å². The fourth-order valence-corrected chi connectivity index (χ4v) is 2.83. The molecular formula is C18H17F3N2O2S. The molecule has 0 aromatic heterocycles. The molecule has 0 aliphatic rings. The number of halogens is 3.